The molecule has 0 amide bonds. The van der Waals surface area contributed by atoms with Crippen LogP contribution in [-0.2, 0) is 19.1 Å². The van der Waals surface area contributed by atoms with Gasteiger partial charge in [0.25, 0.3) is 0 Å². The molecule has 0 aliphatic rings. The molecule has 2 aromatic heterocycles. The van der Waals surface area contributed by atoms with E-state index in [1.165, 1.54) is 0 Å². The summed E-state index contributed by atoms with van der Waals surface area (Å²) in [6.07, 6.45) is 0.0837. The Bertz CT molecular complexity index is 939. The summed E-state index contributed by atoms with van der Waals surface area (Å²) < 4.78 is 39.7. The monoisotopic (exact) mass is 550 g/mol. The lowest BCUT2D eigenvalue weighted by atomic mass is 10.2. The van der Waals surface area contributed by atoms with Crippen LogP contribution in [0.25, 0.3) is 5.69 Å². The van der Waals surface area contributed by atoms with E-state index in [1.54, 1.807) is 0 Å². The van der Waals surface area contributed by atoms with Crippen LogP contribution in [0.4, 0.5) is 13.2 Å². The fourth-order valence-corrected chi connectivity index (χ4v) is 3.26. The zero-order chi connectivity index (χ0) is 20.7. The van der Waals surface area contributed by atoms with Crippen molar-refractivity contribution in [3.63, 3.8) is 0 Å². The molecule has 2 N–H and O–H groups in total. The molecule has 11 heteroatoms. The highest BCUT2D eigenvalue weighted by molar-refractivity contribution is 14.0. The lowest BCUT2D eigenvalue weighted by molar-refractivity contribution is -0.140. The predicted octanol–water partition coefficient (Wildman–Crippen LogP) is 4.26. The number of rotatable bonds is 7. The number of aromatic nitrogens is 3. The van der Waals surface area contributed by atoms with Crippen molar-refractivity contribution in [1.82, 2.24) is 25.4 Å². The largest absolute Gasteiger partial charge is 0.434 e. The molecule has 6 nitrogen and oxygen atoms in total. The molecule has 0 unspecified atom stereocenters. The number of guanidine groups is 1. The SMILES string of the molecule is CCNC(=NCc1nc(C(F)(F)F)cs1)NCCc1cnn(-c2ccccc2)c1.I. The van der Waals surface area contributed by atoms with E-state index in [-0.39, 0.29) is 30.5 Å². The number of benzene rings is 1. The zero-order valence-electron chi connectivity index (χ0n) is 16.2. The van der Waals surface area contributed by atoms with E-state index in [0.717, 1.165) is 34.4 Å². The molecule has 30 heavy (non-hydrogen) atoms. The van der Waals surface area contributed by atoms with Crippen molar-refractivity contribution in [3.8, 4) is 5.69 Å². The Labute approximate surface area is 193 Å². The number of hydrogen-bond acceptors (Lipinski definition) is 4. The molecular formula is C19H22F3IN6S. The van der Waals surface area contributed by atoms with Crippen molar-refractivity contribution in [2.75, 3.05) is 13.1 Å². The number of para-hydroxylation sites is 1. The molecule has 0 saturated carbocycles. The van der Waals surface area contributed by atoms with Gasteiger partial charge in [-0.1, -0.05) is 18.2 Å². The summed E-state index contributed by atoms with van der Waals surface area (Å²) in [6, 6.07) is 9.83. The van der Waals surface area contributed by atoms with Gasteiger partial charge in [0.2, 0.25) is 0 Å². The van der Waals surface area contributed by atoms with Crippen LogP contribution in [0.1, 0.15) is 23.2 Å². The Morgan fingerprint density at radius 1 is 1.20 bits per heavy atom. The molecule has 0 radical (unpaired) electrons. The highest BCUT2D eigenvalue weighted by atomic mass is 127. The van der Waals surface area contributed by atoms with E-state index < -0.39 is 11.9 Å². The van der Waals surface area contributed by atoms with Gasteiger partial charge in [0.05, 0.1) is 18.4 Å². The molecule has 0 atom stereocenters. The standard InChI is InChI=1S/C19H21F3N6S.HI/c1-2-23-18(25-11-17-27-16(13-29-17)19(20,21)22)24-9-8-14-10-26-28(12-14)15-6-4-3-5-7-15;/h3-7,10,12-13H,2,8-9,11H2,1H3,(H2,23,24,25);1H. The molecule has 0 aliphatic carbocycles. The second kappa shape index (κ2) is 11.3. The Morgan fingerprint density at radius 2 is 1.97 bits per heavy atom. The van der Waals surface area contributed by atoms with Crippen molar-refractivity contribution in [3.05, 3.63) is 64.4 Å². The highest BCUT2D eigenvalue weighted by Gasteiger charge is 2.33. The number of aliphatic imine (C=N–C) groups is 1. The van der Waals surface area contributed by atoms with Crippen LogP contribution in [0.15, 0.2) is 53.1 Å². The third kappa shape index (κ3) is 6.97. The first-order chi connectivity index (χ1) is 14.0. The van der Waals surface area contributed by atoms with Crippen molar-refractivity contribution in [2.45, 2.75) is 26.1 Å². The Balaban J connectivity index is 0.00000320. The topological polar surface area (TPSA) is 67.1 Å². The van der Waals surface area contributed by atoms with Gasteiger partial charge in [0, 0.05) is 24.7 Å². The van der Waals surface area contributed by atoms with Gasteiger partial charge in [-0.3, -0.25) is 0 Å². The van der Waals surface area contributed by atoms with Crippen LogP contribution in [0.3, 0.4) is 0 Å². The number of halogens is 4. The second-order valence-electron chi connectivity index (χ2n) is 6.12. The van der Waals surface area contributed by atoms with Gasteiger partial charge in [-0.15, -0.1) is 35.3 Å². The van der Waals surface area contributed by atoms with Gasteiger partial charge in [-0.25, -0.2) is 14.7 Å². The van der Waals surface area contributed by atoms with E-state index >= 15 is 0 Å². The maximum Gasteiger partial charge on any atom is 0.434 e. The van der Waals surface area contributed by atoms with Crippen molar-refractivity contribution >= 4 is 41.3 Å². The summed E-state index contributed by atoms with van der Waals surface area (Å²) >= 11 is 0.953. The molecule has 3 aromatic rings. The van der Waals surface area contributed by atoms with Crippen molar-refractivity contribution < 1.29 is 13.2 Å². The fourth-order valence-electron chi connectivity index (χ4n) is 2.54. The van der Waals surface area contributed by atoms with E-state index in [0.29, 0.717) is 24.1 Å². The molecule has 0 bridgehead atoms. The highest BCUT2D eigenvalue weighted by Crippen LogP contribution is 2.30. The molecule has 3 rings (SSSR count). The number of nitrogens with one attached hydrogen (secondary N) is 2. The van der Waals surface area contributed by atoms with Crippen LogP contribution >= 0.6 is 35.3 Å². The molecular weight excluding hydrogens is 528 g/mol. The zero-order valence-corrected chi connectivity index (χ0v) is 19.3. The minimum Gasteiger partial charge on any atom is -0.357 e. The normalized spacial score (nSPS) is 11.8. The van der Waals surface area contributed by atoms with Crippen LogP contribution in [-0.4, -0.2) is 33.8 Å². The molecule has 0 spiro atoms. The third-order valence-corrected chi connectivity index (χ3v) is 4.76. The van der Waals surface area contributed by atoms with Gasteiger partial charge in [0.15, 0.2) is 11.7 Å². The fraction of sp³-hybridized carbons (Fsp3) is 0.316. The van der Waals surface area contributed by atoms with E-state index in [1.807, 2.05) is 54.3 Å². The third-order valence-electron chi connectivity index (χ3n) is 3.92. The first-order valence-electron chi connectivity index (χ1n) is 9.08. The molecule has 1 aromatic carbocycles. The Hall–Kier alpha value is -2.15. The Kier molecular flexibility index (Phi) is 9.08. The first-order valence-corrected chi connectivity index (χ1v) is 9.96. The number of alkyl halides is 3. The van der Waals surface area contributed by atoms with E-state index in [2.05, 4.69) is 25.7 Å². The lowest BCUT2D eigenvalue weighted by Gasteiger charge is -2.10. The summed E-state index contributed by atoms with van der Waals surface area (Å²) in [7, 11) is 0. The van der Waals surface area contributed by atoms with Crippen molar-refractivity contribution in [2.24, 2.45) is 4.99 Å². The summed E-state index contributed by atoms with van der Waals surface area (Å²) in [4.78, 5) is 7.91. The van der Waals surface area contributed by atoms with Crippen LogP contribution in [0, 0.1) is 0 Å². The quantitative estimate of drug-likeness (QED) is 0.262. The van der Waals surface area contributed by atoms with Gasteiger partial charge in [-0.2, -0.15) is 18.3 Å². The molecule has 0 aliphatic heterocycles. The first kappa shape index (κ1) is 24.1. The molecule has 162 valence electrons. The van der Waals surface area contributed by atoms with Crippen molar-refractivity contribution in [1.29, 1.82) is 0 Å². The summed E-state index contributed by atoms with van der Waals surface area (Å²) in [5.41, 5.74) is 1.18. The Morgan fingerprint density at radius 3 is 2.63 bits per heavy atom. The summed E-state index contributed by atoms with van der Waals surface area (Å²) in [6.45, 7) is 3.26. The number of hydrogen-bond donors (Lipinski definition) is 2. The number of thiazole rings is 1. The van der Waals surface area contributed by atoms with Crippen LogP contribution < -0.4 is 10.6 Å². The minimum absolute atomic E-state index is 0. The maximum absolute atomic E-state index is 12.6. The average Bonchev–Trinajstić information content (AvgIpc) is 3.36. The maximum atomic E-state index is 12.6. The molecule has 0 saturated heterocycles. The molecule has 2 heterocycles. The average molecular weight is 550 g/mol. The van der Waals surface area contributed by atoms with E-state index in [4.69, 9.17) is 0 Å². The van der Waals surface area contributed by atoms with E-state index in [9.17, 15) is 13.2 Å². The van der Waals surface area contributed by atoms with Gasteiger partial charge < -0.3 is 10.6 Å². The minimum atomic E-state index is -4.43. The molecule has 0 fully saturated rings. The summed E-state index contributed by atoms with van der Waals surface area (Å²) in [5, 5.41) is 12.0. The van der Waals surface area contributed by atoms with Gasteiger partial charge >= 0.3 is 6.18 Å². The summed E-state index contributed by atoms with van der Waals surface area (Å²) in [5.74, 6) is 0.534. The van der Waals surface area contributed by atoms with Crippen LogP contribution in [0.2, 0.25) is 0 Å². The van der Waals surface area contributed by atoms with Crippen LogP contribution in [0.5, 0.6) is 0 Å². The smallest absolute Gasteiger partial charge is 0.357 e. The second-order valence-corrected chi connectivity index (χ2v) is 7.07. The van der Waals surface area contributed by atoms with Gasteiger partial charge in [0.1, 0.15) is 5.01 Å². The predicted molar refractivity (Wildman–Crippen MR) is 123 cm³/mol. The lowest BCUT2D eigenvalue weighted by Crippen LogP contribution is -2.38. The van der Waals surface area contributed by atoms with Gasteiger partial charge in [-0.05, 0) is 31.0 Å². The number of nitrogens with zero attached hydrogens (tertiary/aromatic N) is 4.